The maximum atomic E-state index is 14.8. The number of allylic oxidation sites excluding steroid dienone is 5. The van der Waals surface area contributed by atoms with Crippen LogP contribution in [0.25, 0.3) is 17.0 Å². The third-order valence-electron chi connectivity index (χ3n) is 4.99. The van der Waals surface area contributed by atoms with Gasteiger partial charge in [0.1, 0.15) is 12.1 Å². The van der Waals surface area contributed by atoms with Crippen molar-refractivity contribution < 1.29 is 40.9 Å². The van der Waals surface area contributed by atoms with Crippen molar-refractivity contribution in [2.45, 2.75) is 45.1 Å². The number of halogens is 5. The number of carbonyl (C=O) groups is 1. The largest absolute Gasteiger partial charge is 0.461 e. The first kappa shape index (κ1) is 25.5. The maximum absolute atomic E-state index is 14.8. The SMILES string of the molecule is CC(C)(O)C(C)(C)O[B]c1ccc2c(/C=C(F)/C=C\C(=C/C=O)C(F)(F)F)coc2c1F. The Hall–Kier alpha value is -2.72. The lowest BCUT2D eigenvalue weighted by Gasteiger charge is -2.37. The van der Waals surface area contributed by atoms with Gasteiger partial charge in [0, 0.05) is 10.9 Å². The smallest absolute Gasteiger partial charge is 0.416 e. The second-order valence-electron chi connectivity index (χ2n) is 7.96. The molecule has 0 amide bonds. The quantitative estimate of drug-likeness (QED) is 0.202. The van der Waals surface area contributed by atoms with Crippen LogP contribution in [0.15, 0.2) is 52.4 Å². The van der Waals surface area contributed by atoms with Gasteiger partial charge < -0.3 is 14.2 Å². The predicted molar refractivity (Wildman–Crippen MR) is 111 cm³/mol. The average molecular weight is 455 g/mol. The average Bonchev–Trinajstić information content (AvgIpc) is 3.06. The lowest BCUT2D eigenvalue weighted by Crippen LogP contribution is -2.49. The van der Waals surface area contributed by atoms with Gasteiger partial charge in [0.15, 0.2) is 11.4 Å². The van der Waals surface area contributed by atoms with Crippen LogP contribution in [-0.4, -0.2) is 36.3 Å². The van der Waals surface area contributed by atoms with E-state index in [1.807, 2.05) is 0 Å². The van der Waals surface area contributed by atoms with Gasteiger partial charge in [0.2, 0.25) is 0 Å². The van der Waals surface area contributed by atoms with Gasteiger partial charge in [-0.25, -0.2) is 8.78 Å². The minimum Gasteiger partial charge on any atom is -0.461 e. The molecule has 0 saturated heterocycles. The molecule has 1 aromatic carbocycles. The lowest BCUT2D eigenvalue weighted by molar-refractivity contribution is -0.106. The molecule has 2 rings (SSSR count). The van der Waals surface area contributed by atoms with E-state index in [4.69, 9.17) is 9.07 Å². The van der Waals surface area contributed by atoms with Crippen molar-refractivity contribution in [1.82, 2.24) is 0 Å². The highest BCUT2D eigenvalue weighted by Gasteiger charge is 2.36. The fourth-order valence-electron chi connectivity index (χ4n) is 2.34. The van der Waals surface area contributed by atoms with Crippen LogP contribution in [0.5, 0.6) is 0 Å². The highest BCUT2D eigenvalue weighted by molar-refractivity contribution is 6.47. The third kappa shape index (κ3) is 5.95. The summed E-state index contributed by atoms with van der Waals surface area (Å²) in [7, 11) is 1.13. The van der Waals surface area contributed by atoms with Crippen molar-refractivity contribution in [2.24, 2.45) is 0 Å². The minimum absolute atomic E-state index is 0.0221. The zero-order chi connectivity index (χ0) is 24.3. The van der Waals surface area contributed by atoms with E-state index in [2.05, 4.69) is 0 Å². The molecular formula is C22H21BF5O4. The van der Waals surface area contributed by atoms with Gasteiger partial charge in [-0.3, -0.25) is 4.79 Å². The normalized spacial score (nSPS) is 14.4. The summed E-state index contributed by atoms with van der Waals surface area (Å²) in [4.78, 5) is 10.3. The maximum Gasteiger partial charge on any atom is 0.416 e. The Morgan fingerprint density at radius 3 is 2.38 bits per heavy atom. The fraction of sp³-hybridized carbons (Fsp3) is 0.318. The van der Waals surface area contributed by atoms with Gasteiger partial charge in [0.05, 0.1) is 23.0 Å². The number of hydrogen-bond acceptors (Lipinski definition) is 4. The highest BCUT2D eigenvalue weighted by atomic mass is 19.4. The molecule has 0 aliphatic heterocycles. The monoisotopic (exact) mass is 455 g/mol. The van der Waals surface area contributed by atoms with Gasteiger partial charge >= 0.3 is 13.7 Å². The van der Waals surface area contributed by atoms with E-state index in [1.165, 1.54) is 12.1 Å². The van der Waals surface area contributed by atoms with Crippen LogP contribution in [0.2, 0.25) is 0 Å². The van der Waals surface area contributed by atoms with E-state index >= 15 is 0 Å². The summed E-state index contributed by atoms with van der Waals surface area (Å²) < 4.78 is 77.8. The van der Waals surface area contributed by atoms with E-state index in [0.29, 0.717) is 12.2 Å². The van der Waals surface area contributed by atoms with Gasteiger partial charge in [0.25, 0.3) is 0 Å². The number of rotatable bonds is 8. The van der Waals surface area contributed by atoms with Crippen molar-refractivity contribution in [1.29, 1.82) is 0 Å². The first-order valence-corrected chi connectivity index (χ1v) is 9.38. The Morgan fingerprint density at radius 2 is 1.81 bits per heavy atom. The molecule has 1 N–H and O–H groups in total. The summed E-state index contributed by atoms with van der Waals surface area (Å²) in [5.74, 6) is -1.86. The van der Waals surface area contributed by atoms with E-state index in [1.54, 1.807) is 27.7 Å². The number of furan rings is 1. The summed E-state index contributed by atoms with van der Waals surface area (Å²) in [6, 6.07) is 2.79. The molecule has 0 saturated carbocycles. The summed E-state index contributed by atoms with van der Waals surface area (Å²) in [6.07, 6.45) is -1.73. The number of aliphatic hydroxyl groups is 1. The van der Waals surface area contributed by atoms with Crippen molar-refractivity contribution in [3.63, 3.8) is 0 Å². The van der Waals surface area contributed by atoms with E-state index in [0.717, 1.165) is 19.8 Å². The molecule has 4 nitrogen and oxygen atoms in total. The Balaban J connectivity index is 2.29. The second kappa shape index (κ2) is 9.42. The molecule has 1 aromatic heterocycles. The van der Waals surface area contributed by atoms with Crippen LogP contribution in [-0.2, 0) is 9.45 Å². The standard InChI is InChI=1S/C22H21BF5O4/c1-20(2,30)21(3,4)32-23-17-8-7-16-13(12-31-19(16)18(17)25)11-15(24)6-5-14(9-10-29)22(26,27)28/h5-12,30H,1-4H3/b6-5-,14-9+,15-11-. The molecule has 0 aliphatic carbocycles. The highest BCUT2D eigenvalue weighted by Crippen LogP contribution is 2.29. The number of benzene rings is 1. The van der Waals surface area contributed by atoms with Crippen LogP contribution in [0.4, 0.5) is 22.0 Å². The molecule has 0 aliphatic rings. The van der Waals surface area contributed by atoms with Gasteiger partial charge in [-0.2, -0.15) is 13.2 Å². The number of alkyl halides is 3. The van der Waals surface area contributed by atoms with Crippen molar-refractivity contribution in [2.75, 3.05) is 0 Å². The third-order valence-corrected chi connectivity index (χ3v) is 4.99. The van der Waals surface area contributed by atoms with Gasteiger partial charge in [-0.1, -0.05) is 12.1 Å². The predicted octanol–water partition coefficient (Wildman–Crippen LogP) is 4.94. The van der Waals surface area contributed by atoms with Crippen molar-refractivity contribution in [3.05, 3.63) is 59.4 Å². The first-order chi connectivity index (χ1) is 14.7. The number of aldehydes is 1. The summed E-state index contributed by atoms with van der Waals surface area (Å²) >= 11 is 0. The molecule has 0 bridgehead atoms. The van der Waals surface area contributed by atoms with Crippen molar-refractivity contribution >= 4 is 36.3 Å². The molecular weight excluding hydrogens is 434 g/mol. The first-order valence-electron chi connectivity index (χ1n) is 9.38. The Bertz CT molecular complexity index is 1070. The van der Waals surface area contributed by atoms with Crippen LogP contribution in [0.1, 0.15) is 33.3 Å². The fourth-order valence-corrected chi connectivity index (χ4v) is 2.34. The van der Waals surface area contributed by atoms with Crippen LogP contribution in [0.3, 0.4) is 0 Å². The van der Waals surface area contributed by atoms with E-state index < -0.39 is 34.6 Å². The van der Waals surface area contributed by atoms with Crippen LogP contribution < -0.4 is 5.46 Å². The number of hydrogen-bond donors (Lipinski definition) is 1. The molecule has 1 radical (unpaired) electrons. The van der Waals surface area contributed by atoms with E-state index in [9.17, 15) is 31.9 Å². The molecule has 1 heterocycles. The van der Waals surface area contributed by atoms with Crippen LogP contribution in [0, 0.1) is 5.82 Å². The molecule has 171 valence electrons. The lowest BCUT2D eigenvalue weighted by atomic mass is 9.82. The topological polar surface area (TPSA) is 59.7 Å². The number of fused-ring (bicyclic) bond motifs is 1. The molecule has 32 heavy (non-hydrogen) atoms. The zero-order valence-electron chi connectivity index (χ0n) is 17.8. The van der Waals surface area contributed by atoms with Crippen LogP contribution >= 0.6 is 0 Å². The summed E-state index contributed by atoms with van der Waals surface area (Å²) in [5, 5.41) is 10.3. The molecule has 2 aromatic rings. The Kier molecular flexibility index (Phi) is 7.52. The Morgan fingerprint density at radius 1 is 1.16 bits per heavy atom. The van der Waals surface area contributed by atoms with E-state index in [-0.39, 0.29) is 34.4 Å². The van der Waals surface area contributed by atoms with Crippen molar-refractivity contribution in [3.8, 4) is 0 Å². The number of carbonyl (C=O) groups excluding carboxylic acids is 1. The second-order valence-corrected chi connectivity index (χ2v) is 7.96. The molecule has 0 atom stereocenters. The van der Waals surface area contributed by atoms with Gasteiger partial charge in [-0.15, -0.1) is 0 Å². The molecule has 0 spiro atoms. The molecule has 0 unspecified atom stereocenters. The summed E-state index contributed by atoms with van der Waals surface area (Å²) in [6.45, 7) is 6.34. The zero-order valence-corrected chi connectivity index (χ0v) is 17.8. The molecule has 10 heteroatoms. The summed E-state index contributed by atoms with van der Waals surface area (Å²) in [5.41, 5.74) is -3.66. The Labute approximate surface area is 182 Å². The molecule has 0 fully saturated rings. The van der Waals surface area contributed by atoms with Gasteiger partial charge in [-0.05, 0) is 57.5 Å². The minimum atomic E-state index is -4.82.